The first kappa shape index (κ1) is 16.3. The summed E-state index contributed by atoms with van der Waals surface area (Å²) in [5, 5.41) is 10.7. The van der Waals surface area contributed by atoms with Crippen LogP contribution in [0, 0.1) is 13.7 Å². The van der Waals surface area contributed by atoms with Crippen LogP contribution in [-0.4, -0.2) is 41.9 Å². The molecule has 1 aromatic carbocycles. The topological polar surface area (TPSA) is 89.8 Å². The maximum atomic E-state index is 12.2. The number of hydrogen-bond acceptors (Lipinski definition) is 5. The first-order valence-corrected chi connectivity index (χ1v) is 6.79. The Morgan fingerprint density at radius 3 is 2.65 bits per heavy atom. The van der Waals surface area contributed by atoms with Crippen molar-refractivity contribution in [3.63, 3.8) is 0 Å². The van der Waals surface area contributed by atoms with E-state index in [1.165, 1.54) is 30.1 Å². The Kier molecular flexibility index (Phi) is 5.86. The highest BCUT2D eigenvalue weighted by atomic mass is 127. The van der Waals surface area contributed by atoms with Crippen molar-refractivity contribution in [1.29, 1.82) is 0 Å². The molecule has 0 fully saturated rings. The molecule has 0 N–H and O–H groups in total. The Balaban J connectivity index is 2.93. The largest absolute Gasteiger partial charge is 0.465 e. The lowest BCUT2D eigenvalue weighted by Gasteiger charge is -2.16. The van der Waals surface area contributed by atoms with Crippen LogP contribution >= 0.6 is 22.6 Å². The second kappa shape index (κ2) is 7.17. The van der Waals surface area contributed by atoms with Crippen LogP contribution in [0.3, 0.4) is 0 Å². The second-order valence-electron chi connectivity index (χ2n) is 3.89. The summed E-state index contributed by atoms with van der Waals surface area (Å²) in [6, 6.07) is 4.01. The number of halogens is 1. The number of rotatable bonds is 5. The van der Waals surface area contributed by atoms with Crippen LogP contribution in [0.4, 0.5) is 5.69 Å². The fourth-order valence-corrected chi connectivity index (χ4v) is 2.03. The Morgan fingerprint density at radius 1 is 1.45 bits per heavy atom. The summed E-state index contributed by atoms with van der Waals surface area (Å²) in [5.74, 6) is -0.991. The highest BCUT2D eigenvalue weighted by Gasteiger charge is 2.20. The van der Waals surface area contributed by atoms with Crippen LogP contribution in [-0.2, 0) is 9.53 Å². The summed E-state index contributed by atoms with van der Waals surface area (Å²) in [6.45, 7) is 1.70. The third-order valence-corrected chi connectivity index (χ3v) is 3.35. The average molecular weight is 392 g/mol. The zero-order valence-corrected chi connectivity index (χ0v) is 13.1. The van der Waals surface area contributed by atoms with Crippen molar-refractivity contribution in [2.45, 2.75) is 6.92 Å². The number of esters is 1. The quantitative estimate of drug-likeness (QED) is 0.330. The fourth-order valence-electron chi connectivity index (χ4n) is 1.47. The van der Waals surface area contributed by atoms with Crippen LogP contribution in [0.5, 0.6) is 0 Å². The number of benzene rings is 1. The monoisotopic (exact) mass is 392 g/mol. The Labute approximate surface area is 129 Å². The van der Waals surface area contributed by atoms with Gasteiger partial charge in [0.25, 0.3) is 11.6 Å². The van der Waals surface area contributed by atoms with Crippen molar-refractivity contribution in [3.05, 3.63) is 37.4 Å². The minimum Gasteiger partial charge on any atom is -0.465 e. The number of hydrogen-bond donors (Lipinski definition) is 0. The van der Waals surface area contributed by atoms with E-state index in [1.807, 2.05) is 22.6 Å². The molecule has 7 nitrogen and oxygen atoms in total. The molecule has 20 heavy (non-hydrogen) atoms. The molecular formula is C12H13IN2O5. The standard InChI is InChI=1S/C12H13IN2O5/c1-3-20-11(16)7-14(2)12(17)9-6-8(15(18)19)4-5-10(9)13/h4-6H,3,7H2,1-2H3. The molecule has 0 radical (unpaired) electrons. The van der Waals surface area contributed by atoms with Gasteiger partial charge in [-0.2, -0.15) is 0 Å². The number of ether oxygens (including phenoxy) is 1. The van der Waals surface area contributed by atoms with Crippen LogP contribution < -0.4 is 0 Å². The predicted molar refractivity (Wildman–Crippen MR) is 79.4 cm³/mol. The van der Waals surface area contributed by atoms with Gasteiger partial charge in [0, 0.05) is 22.8 Å². The van der Waals surface area contributed by atoms with E-state index in [9.17, 15) is 19.7 Å². The molecule has 1 aromatic rings. The molecule has 0 unspecified atom stereocenters. The zero-order chi connectivity index (χ0) is 15.3. The number of non-ortho nitro benzene ring substituents is 1. The third-order valence-electron chi connectivity index (χ3n) is 2.41. The number of amides is 1. The molecule has 0 saturated heterocycles. The van der Waals surface area contributed by atoms with Crippen molar-refractivity contribution >= 4 is 40.2 Å². The molecule has 0 atom stereocenters. The number of likely N-dealkylation sites (N-methyl/N-ethyl adjacent to an activating group) is 1. The van der Waals surface area contributed by atoms with Crippen LogP contribution in [0.25, 0.3) is 0 Å². The molecule has 1 rings (SSSR count). The van der Waals surface area contributed by atoms with Gasteiger partial charge in [-0.25, -0.2) is 0 Å². The van der Waals surface area contributed by atoms with Gasteiger partial charge in [-0.05, 0) is 35.6 Å². The van der Waals surface area contributed by atoms with E-state index >= 15 is 0 Å². The average Bonchev–Trinajstić information content (AvgIpc) is 2.38. The number of carbonyl (C=O) groups excluding carboxylic acids is 2. The number of nitro benzene ring substituents is 1. The Hall–Kier alpha value is -1.71. The minimum absolute atomic E-state index is 0.168. The summed E-state index contributed by atoms with van der Waals surface area (Å²) in [5.41, 5.74) is 0.0184. The third kappa shape index (κ3) is 4.15. The molecule has 0 spiro atoms. The smallest absolute Gasteiger partial charge is 0.325 e. The molecule has 8 heteroatoms. The van der Waals surface area contributed by atoms with Crippen molar-refractivity contribution in [2.75, 3.05) is 20.2 Å². The van der Waals surface area contributed by atoms with Crippen LogP contribution in [0.2, 0.25) is 0 Å². The van der Waals surface area contributed by atoms with E-state index in [2.05, 4.69) is 0 Å². The maximum Gasteiger partial charge on any atom is 0.325 e. The Morgan fingerprint density at radius 2 is 2.10 bits per heavy atom. The number of nitro groups is 1. The van der Waals surface area contributed by atoms with E-state index in [0.29, 0.717) is 3.57 Å². The van der Waals surface area contributed by atoms with Gasteiger partial charge in [0.15, 0.2) is 0 Å². The fraction of sp³-hybridized carbons (Fsp3) is 0.333. The van der Waals surface area contributed by atoms with Gasteiger partial charge in [0.2, 0.25) is 0 Å². The molecule has 0 bridgehead atoms. The number of carbonyl (C=O) groups is 2. The van der Waals surface area contributed by atoms with E-state index in [4.69, 9.17) is 4.74 Å². The normalized spacial score (nSPS) is 9.95. The molecule has 0 saturated carbocycles. The van der Waals surface area contributed by atoms with Gasteiger partial charge < -0.3 is 9.64 Å². The summed E-state index contributed by atoms with van der Waals surface area (Å²) >= 11 is 1.91. The highest BCUT2D eigenvalue weighted by Crippen LogP contribution is 2.20. The molecule has 0 aliphatic heterocycles. The summed E-state index contributed by atoms with van der Waals surface area (Å²) in [6.07, 6.45) is 0. The van der Waals surface area contributed by atoms with Crippen molar-refractivity contribution < 1.29 is 19.2 Å². The first-order valence-electron chi connectivity index (χ1n) is 5.71. The van der Waals surface area contributed by atoms with Crippen LogP contribution in [0.15, 0.2) is 18.2 Å². The van der Waals surface area contributed by atoms with E-state index in [0.717, 1.165) is 0 Å². The second-order valence-corrected chi connectivity index (χ2v) is 5.05. The molecule has 0 aromatic heterocycles. The lowest BCUT2D eigenvalue weighted by molar-refractivity contribution is -0.384. The first-order chi connectivity index (χ1) is 9.36. The van der Waals surface area contributed by atoms with Gasteiger partial charge in [-0.15, -0.1) is 0 Å². The molecular weight excluding hydrogens is 379 g/mol. The maximum absolute atomic E-state index is 12.2. The molecule has 0 heterocycles. The Bertz CT molecular complexity index is 547. The van der Waals surface area contributed by atoms with Gasteiger partial charge in [0.05, 0.1) is 17.1 Å². The van der Waals surface area contributed by atoms with Gasteiger partial charge in [-0.3, -0.25) is 19.7 Å². The zero-order valence-electron chi connectivity index (χ0n) is 11.0. The molecule has 108 valence electrons. The van der Waals surface area contributed by atoms with E-state index in [1.54, 1.807) is 6.92 Å². The predicted octanol–water partition coefficient (Wildman–Crippen LogP) is 1.83. The van der Waals surface area contributed by atoms with E-state index < -0.39 is 16.8 Å². The molecule has 0 aliphatic rings. The van der Waals surface area contributed by atoms with Crippen molar-refractivity contribution in [3.8, 4) is 0 Å². The molecule has 0 aliphatic carbocycles. The number of nitrogens with zero attached hydrogens (tertiary/aromatic N) is 2. The van der Waals surface area contributed by atoms with Crippen molar-refractivity contribution in [2.24, 2.45) is 0 Å². The lowest BCUT2D eigenvalue weighted by Crippen LogP contribution is -2.33. The summed E-state index contributed by atoms with van der Waals surface area (Å²) < 4.78 is 5.33. The van der Waals surface area contributed by atoms with Gasteiger partial charge in [0.1, 0.15) is 6.54 Å². The highest BCUT2D eigenvalue weighted by molar-refractivity contribution is 14.1. The van der Waals surface area contributed by atoms with Gasteiger partial charge in [-0.1, -0.05) is 0 Å². The van der Waals surface area contributed by atoms with Crippen LogP contribution in [0.1, 0.15) is 17.3 Å². The van der Waals surface area contributed by atoms with Crippen molar-refractivity contribution in [1.82, 2.24) is 4.90 Å². The minimum atomic E-state index is -0.571. The lowest BCUT2D eigenvalue weighted by atomic mass is 10.2. The SMILES string of the molecule is CCOC(=O)CN(C)C(=O)c1cc([N+](=O)[O-])ccc1I. The summed E-state index contributed by atoms with van der Waals surface area (Å²) in [4.78, 5) is 34.8. The van der Waals surface area contributed by atoms with Gasteiger partial charge >= 0.3 is 5.97 Å². The van der Waals surface area contributed by atoms with E-state index in [-0.39, 0.29) is 24.4 Å². The summed E-state index contributed by atoms with van der Waals surface area (Å²) in [7, 11) is 1.44. The molecule has 1 amide bonds.